The molecule has 1 heterocycles. The number of rotatable bonds is 6. The smallest absolute Gasteiger partial charge is 0.252 e. The molecule has 29 heavy (non-hydrogen) atoms. The molecule has 0 atom stereocenters. The third kappa shape index (κ3) is 4.61. The summed E-state index contributed by atoms with van der Waals surface area (Å²) in [7, 11) is 0. The van der Waals surface area contributed by atoms with Crippen LogP contribution < -0.4 is 10.6 Å². The average Bonchev–Trinajstić information content (AvgIpc) is 2.75. The summed E-state index contributed by atoms with van der Waals surface area (Å²) in [5, 5.41) is 7.18. The number of hydrogen-bond acceptors (Lipinski definition) is 3. The van der Waals surface area contributed by atoms with E-state index in [2.05, 4.69) is 46.8 Å². The first-order valence-corrected chi connectivity index (χ1v) is 9.75. The first-order valence-electron chi connectivity index (χ1n) is 9.75. The number of benzene rings is 3. The Kier molecular flexibility index (Phi) is 5.52. The molecule has 0 saturated heterocycles. The molecule has 2 N–H and O–H groups in total. The van der Waals surface area contributed by atoms with E-state index in [0.29, 0.717) is 17.9 Å². The Morgan fingerprint density at radius 3 is 2.41 bits per heavy atom. The van der Waals surface area contributed by atoms with E-state index in [1.165, 1.54) is 11.1 Å². The van der Waals surface area contributed by atoms with E-state index in [4.69, 9.17) is 0 Å². The molecule has 0 bridgehead atoms. The van der Waals surface area contributed by atoms with Crippen molar-refractivity contribution in [2.75, 3.05) is 11.9 Å². The van der Waals surface area contributed by atoms with Crippen LogP contribution in [0, 0.1) is 6.92 Å². The number of carbonyl (C=O) groups is 1. The number of carbonyl (C=O) groups excluding carboxylic acids is 1. The van der Waals surface area contributed by atoms with Crippen LogP contribution in [0.4, 0.5) is 11.5 Å². The summed E-state index contributed by atoms with van der Waals surface area (Å²) in [6.07, 6.45) is 0.796. The van der Waals surface area contributed by atoms with Gasteiger partial charge in [0.05, 0.1) is 11.1 Å². The molecule has 0 aliphatic heterocycles. The van der Waals surface area contributed by atoms with Crippen molar-refractivity contribution in [3.63, 3.8) is 0 Å². The van der Waals surface area contributed by atoms with Crippen molar-refractivity contribution in [3.8, 4) is 0 Å². The molecule has 1 aromatic heterocycles. The van der Waals surface area contributed by atoms with Gasteiger partial charge in [-0.2, -0.15) is 0 Å². The number of hydrogen-bond donors (Lipinski definition) is 2. The van der Waals surface area contributed by atoms with Crippen molar-refractivity contribution in [2.24, 2.45) is 0 Å². The van der Waals surface area contributed by atoms with Gasteiger partial charge in [0.2, 0.25) is 0 Å². The maximum absolute atomic E-state index is 12.9. The Morgan fingerprint density at radius 1 is 0.897 bits per heavy atom. The van der Waals surface area contributed by atoms with Gasteiger partial charge in [0, 0.05) is 17.6 Å². The number of pyridine rings is 1. The Bertz CT molecular complexity index is 1120. The molecule has 4 nitrogen and oxygen atoms in total. The summed E-state index contributed by atoms with van der Waals surface area (Å²) in [5.74, 6) is 0.561. The lowest BCUT2D eigenvalue weighted by molar-refractivity contribution is 0.0956. The number of nitrogens with zero attached hydrogens (tertiary/aromatic N) is 1. The van der Waals surface area contributed by atoms with Gasteiger partial charge in [-0.3, -0.25) is 4.79 Å². The molecular weight excluding hydrogens is 358 g/mol. The van der Waals surface area contributed by atoms with Gasteiger partial charge in [-0.1, -0.05) is 66.2 Å². The predicted octanol–water partition coefficient (Wildman–Crippen LogP) is 5.26. The highest BCUT2D eigenvalue weighted by molar-refractivity contribution is 6.07. The highest BCUT2D eigenvalue weighted by atomic mass is 16.1. The lowest BCUT2D eigenvalue weighted by Crippen LogP contribution is -2.26. The van der Waals surface area contributed by atoms with E-state index >= 15 is 0 Å². The van der Waals surface area contributed by atoms with E-state index in [9.17, 15) is 4.79 Å². The number of aromatic nitrogens is 1. The molecule has 0 spiro atoms. The van der Waals surface area contributed by atoms with Crippen LogP contribution in [0.2, 0.25) is 0 Å². The molecule has 0 radical (unpaired) electrons. The average molecular weight is 381 g/mol. The standard InChI is InChI=1S/C25H23N3O/c1-18-11-13-19(14-12-18)15-16-26-25(29)22-17-24(27-20-7-3-2-4-8-20)28-23-10-6-5-9-21(22)23/h2-14,17H,15-16H2,1H3,(H,26,29)(H,27,28). The Balaban J connectivity index is 1.54. The highest BCUT2D eigenvalue weighted by Crippen LogP contribution is 2.23. The lowest BCUT2D eigenvalue weighted by Gasteiger charge is -2.12. The van der Waals surface area contributed by atoms with Gasteiger partial charge in [0.25, 0.3) is 5.91 Å². The van der Waals surface area contributed by atoms with Crippen LogP contribution in [-0.4, -0.2) is 17.4 Å². The molecule has 1 amide bonds. The summed E-state index contributed by atoms with van der Waals surface area (Å²) in [6.45, 7) is 2.65. The molecule has 0 aliphatic carbocycles. The van der Waals surface area contributed by atoms with Crippen LogP contribution in [0.25, 0.3) is 10.9 Å². The van der Waals surface area contributed by atoms with Crippen LogP contribution in [0.5, 0.6) is 0 Å². The molecule has 4 heteroatoms. The molecule has 0 unspecified atom stereocenters. The molecule has 3 aromatic carbocycles. The van der Waals surface area contributed by atoms with Crippen molar-refractivity contribution >= 4 is 28.3 Å². The van der Waals surface area contributed by atoms with E-state index in [1.807, 2.05) is 60.7 Å². The zero-order valence-electron chi connectivity index (χ0n) is 16.4. The minimum absolute atomic E-state index is 0.0909. The van der Waals surface area contributed by atoms with Gasteiger partial charge < -0.3 is 10.6 Å². The second-order valence-corrected chi connectivity index (χ2v) is 7.05. The maximum Gasteiger partial charge on any atom is 0.252 e. The summed E-state index contributed by atoms with van der Waals surface area (Å²) in [6, 6.07) is 27.7. The number of amides is 1. The fourth-order valence-electron chi connectivity index (χ4n) is 3.27. The normalized spacial score (nSPS) is 10.7. The SMILES string of the molecule is Cc1ccc(CCNC(=O)c2cc(Nc3ccccc3)nc3ccccc23)cc1. The monoisotopic (exact) mass is 381 g/mol. The minimum atomic E-state index is -0.0909. The van der Waals surface area contributed by atoms with Crippen LogP contribution in [0.3, 0.4) is 0 Å². The lowest BCUT2D eigenvalue weighted by atomic mass is 10.1. The van der Waals surface area contributed by atoms with Crippen molar-refractivity contribution in [1.29, 1.82) is 0 Å². The second kappa shape index (κ2) is 8.57. The molecule has 0 saturated carbocycles. The topological polar surface area (TPSA) is 54.0 Å². The summed E-state index contributed by atoms with van der Waals surface area (Å²) >= 11 is 0. The largest absolute Gasteiger partial charge is 0.352 e. The third-order valence-electron chi connectivity index (χ3n) is 4.83. The molecular formula is C25H23N3O. The fourth-order valence-corrected chi connectivity index (χ4v) is 3.27. The number of nitrogens with one attached hydrogen (secondary N) is 2. The van der Waals surface area contributed by atoms with Gasteiger partial charge in [-0.05, 0) is 43.2 Å². The second-order valence-electron chi connectivity index (χ2n) is 7.05. The summed E-state index contributed by atoms with van der Waals surface area (Å²) < 4.78 is 0. The van der Waals surface area contributed by atoms with Crippen LogP contribution >= 0.6 is 0 Å². The van der Waals surface area contributed by atoms with Gasteiger partial charge in [-0.25, -0.2) is 4.98 Å². The first-order chi connectivity index (χ1) is 14.2. The van der Waals surface area contributed by atoms with Gasteiger partial charge in [-0.15, -0.1) is 0 Å². The van der Waals surface area contributed by atoms with Crippen LogP contribution in [0.1, 0.15) is 21.5 Å². The number of aryl methyl sites for hydroxylation is 1. The Labute approximate surface area is 170 Å². The summed E-state index contributed by atoms with van der Waals surface area (Å²) in [5.41, 5.74) is 4.79. The number of anilines is 2. The first kappa shape index (κ1) is 18.7. The Hall–Kier alpha value is -3.66. The Morgan fingerprint density at radius 2 is 1.62 bits per heavy atom. The van der Waals surface area contributed by atoms with Crippen molar-refractivity contribution in [3.05, 3.63) is 102 Å². The zero-order valence-corrected chi connectivity index (χ0v) is 16.4. The highest BCUT2D eigenvalue weighted by Gasteiger charge is 2.13. The van der Waals surface area contributed by atoms with Crippen molar-refractivity contribution < 1.29 is 4.79 Å². The zero-order chi connectivity index (χ0) is 20.1. The summed E-state index contributed by atoms with van der Waals surface area (Å²) in [4.78, 5) is 17.6. The quantitative estimate of drug-likeness (QED) is 0.479. The van der Waals surface area contributed by atoms with Gasteiger partial charge in [0.15, 0.2) is 0 Å². The van der Waals surface area contributed by atoms with E-state index in [-0.39, 0.29) is 5.91 Å². The van der Waals surface area contributed by atoms with E-state index in [1.54, 1.807) is 0 Å². The van der Waals surface area contributed by atoms with Crippen LogP contribution in [-0.2, 0) is 6.42 Å². The van der Waals surface area contributed by atoms with Gasteiger partial charge in [0.1, 0.15) is 5.82 Å². The maximum atomic E-state index is 12.9. The third-order valence-corrected chi connectivity index (χ3v) is 4.83. The van der Waals surface area contributed by atoms with Crippen LogP contribution in [0.15, 0.2) is 84.9 Å². The van der Waals surface area contributed by atoms with Crippen molar-refractivity contribution in [1.82, 2.24) is 10.3 Å². The molecule has 4 rings (SSSR count). The van der Waals surface area contributed by atoms with E-state index in [0.717, 1.165) is 23.0 Å². The fraction of sp³-hybridized carbons (Fsp3) is 0.120. The number of fused-ring (bicyclic) bond motifs is 1. The van der Waals surface area contributed by atoms with Crippen molar-refractivity contribution in [2.45, 2.75) is 13.3 Å². The predicted molar refractivity (Wildman–Crippen MR) is 119 cm³/mol. The number of para-hydroxylation sites is 2. The molecule has 0 fully saturated rings. The van der Waals surface area contributed by atoms with Gasteiger partial charge >= 0.3 is 0 Å². The molecule has 144 valence electrons. The van der Waals surface area contributed by atoms with E-state index < -0.39 is 0 Å². The molecule has 4 aromatic rings. The molecule has 0 aliphatic rings. The minimum Gasteiger partial charge on any atom is -0.352 e.